The zero-order valence-corrected chi connectivity index (χ0v) is 18.3. The number of primary sulfonamides is 1. The van der Waals surface area contributed by atoms with Crippen LogP contribution in [-0.2, 0) is 15.9 Å². The van der Waals surface area contributed by atoms with Gasteiger partial charge in [0.1, 0.15) is 11.5 Å². The van der Waals surface area contributed by atoms with Crippen LogP contribution >= 0.6 is 0 Å². The highest BCUT2D eigenvalue weighted by Gasteiger charge is 2.62. The standard InChI is InChI=1S/C23H15F6N3O2S/c24-16-10-6-14(7-11-16)19-20(15-8-12-18(13-9-15)35(30,33)34)32(17-4-2-1-3-5-17)31-21(19)22(25,26)23(27,28)29/h1-13H,(H2,30,33,34). The van der Waals surface area contributed by atoms with Crippen LogP contribution < -0.4 is 5.14 Å². The molecule has 5 nitrogen and oxygen atoms in total. The van der Waals surface area contributed by atoms with Gasteiger partial charge in [0, 0.05) is 11.1 Å². The largest absolute Gasteiger partial charge is 0.459 e. The molecule has 4 rings (SSSR count). The van der Waals surface area contributed by atoms with Gasteiger partial charge >= 0.3 is 12.1 Å². The summed E-state index contributed by atoms with van der Waals surface area (Å²) in [5.74, 6) is -6.10. The van der Waals surface area contributed by atoms with Crippen molar-refractivity contribution in [2.45, 2.75) is 17.0 Å². The van der Waals surface area contributed by atoms with E-state index in [1.165, 1.54) is 36.4 Å². The highest BCUT2D eigenvalue weighted by molar-refractivity contribution is 7.89. The molecule has 35 heavy (non-hydrogen) atoms. The Labute approximate surface area is 195 Å². The number of benzene rings is 3. The first-order chi connectivity index (χ1) is 16.3. The van der Waals surface area contributed by atoms with Crippen molar-refractivity contribution < 1.29 is 34.8 Å². The summed E-state index contributed by atoms with van der Waals surface area (Å²) in [5, 5.41) is 8.78. The average Bonchev–Trinajstić information content (AvgIpc) is 3.20. The van der Waals surface area contributed by atoms with Gasteiger partial charge in [0.25, 0.3) is 0 Å². The van der Waals surface area contributed by atoms with Crippen LogP contribution in [0.3, 0.4) is 0 Å². The van der Waals surface area contributed by atoms with E-state index in [9.17, 15) is 34.8 Å². The van der Waals surface area contributed by atoms with Gasteiger partial charge in [-0.05, 0) is 42.0 Å². The summed E-state index contributed by atoms with van der Waals surface area (Å²) in [6, 6.07) is 16.1. The topological polar surface area (TPSA) is 78.0 Å². The lowest BCUT2D eigenvalue weighted by Gasteiger charge is -2.19. The minimum Gasteiger partial charge on any atom is -0.232 e. The Hall–Kier alpha value is -3.64. The Morgan fingerprint density at radius 3 is 1.83 bits per heavy atom. The fourth-order valence-electron chi connectivity index (χ4n) is 3.49. The van der Waals surface area contributed by atoms with Gasteiger partial charge in [-0.15, -0.1) is 0 Å². The van der Waals surface area contributed by atoms with Crippen LogP contribution in [-0.4, -0.2) is 24.4 Å². The van der Waals surface area contributed by atoms with Crippen molar-refractivity contribution in [1.29, 1.82) is 0 Å². The number of rotatable bonds is 5. The lowest BCUT2D eigenvalue weighted by atomic mass is 9.96. The van der Waals surface area contributed by atoms with Gasteiger partial charge in [0.05, 0.1) is 16.3 Å². The van der Waals surface area contributed by atoms with E-state index in [-0.39, 0.29) is 27.4 Å². The Morgan fingerprint density at radius 1 is 0.771 bits per heavy atom. The first kappa shape index (κ1) is 24.5. The van der Waals surface area contributed by atoms with Crippen molar-refractivity contribution in [3.05, 3.63) is 90.4 Å². The summed E-state index contributed by atoms with van der Waals surface area (Å²) >= 11 is 0. The van der Waals surface area contributed by atoms with Gasteiger partial charge < -0.3 is 0 Å². The van der Waals surface area contributed by atoms with Crippen molar-refractivity contribution in [2.75, 3.05) is 0 Å². The quantitative estimate of drug-likeness (QED) is 0.352. The molecule has 0 amide bonds. The first-order valence-corrected chi connectivity index (χ1v) is 11.4. The molecule has 0 radical (unpaired) electrons. The molecule has 2 N–H and O–H groups in total. The van der Waals surface area contributed by atoms with Gasteiger partial charge in [0.2, 0.25) is 10.0 Å². The molecule has 0 aliphatic carbocycles. The van der Waals surface area contributed by atoms with Crippen LogP contribution in [0, 0.1) is 5.82 Å². The third-order valence-corrected chi connectivity index (χ3v) is 6.06. The third kappa shape index (κ3) is 4.54. The molecule has 4 aromatic rings. The molecule has 0 bridgehead atoms. The number of aromatic nitrogens is 2. The molecule has 12 heteroatoms. The van der Waals surface area contributed by atoms with Gasteiger partial charge in [-0.1, -0.05) is 42.5 Å². The van der Waals surface area contributed by atoms with E-state index in [2.05, 4.69) is 5.10 Å². The SMILES string of the molecule is NS(=O)(=O)c1ccc(-c2c(-c3ccc(F)cc3)c(C(F)(F)C(F)(F)F)nn2-c2ccccc2)cc1. The highest BCUT2D eigenvalue weighted by Crippen LogP contribution is 2.49. The maximum Gasteiger partial charge on any atom is 0.459 e. The van der Waals surface area contributed by atoms with Gasteiger partial charge in [0.15, 0.2) is 0 Å². The first-order valence-electron chi connectivity index (χ1n) is 9.83. The van der Waals surface area contributed by atoms with Crippen LogP contribution in [0.5, 0.6) is 0 Å². The van der Waals surface area contributed by atoms with Crippen molar-refractivity contribution in [3.63, 3.8) is 0 Å². The Bertz CT molecular complexity index is 1460. The fourth-order valence-corrected chi connectivity index (χ4v) is 4.00. The highest BCUT2D eigenvalue weighted by atomic mass is 32.2. The zero-order chi connectivity index (χ0) is 25.6. The van der Waals surface area contributed by atoms with E-state index in [0.717, 1.165) is 41.1 Å². The molecular weight excluding hydrogens is 496 g/mol. The smallest absolute Gasteiger partial charge is 0.232 e. The predicted octanol–water partition coefficient (Wildman–Crippen LogP) is 5.65. The molecular formula is C23H15F6N3O2S. The van der Waals surface area contributed by atoms with Crippen LogP contribution in [0.2, 0.25) is 0 Å². The molecule has 0 fully saturated rings. The number of para-hydroxylation sites is 1. The Kier molecular flexibility index (Phi) is 5.97. The van der Waals surface area contributed by atoms with Gasteiger partial charge in [-0.25, -0.2) is 22.6 Å². The van der Waals surface area contributed by atoms with Crippen molar-refractivity contribution in [2.24, 2.45) is 5.14 Å². The summed E-state index contributed by atoms with van der Waals surface area (Å²) in [7, 11) is -4.10. The number of nitrogens with two attached hydrogens (primary N) is 1. The second-order valence-corrected chi connectivity index (χ2v) is 9.03. The van der Waals surface area contributed by atoms with Crippen molar-refractivity contribution >= 4 is 10.0 Å². The number of hydrogen-bond acceptors (Lipinski definition) is 3. The molecule has 3 aromatic carbocycles. The van der Waals surface area contributed by atoms with E-state index in [1.54, 1.807) is 6.07 Å². The van der Waals surface area contributed by atoms with Crippen LogP contribution in [0.25, 0.3) is 28.1 Å². The summed E-state index contributed by atoms with van der Waals surface area (Å²) in [4.78, 5) is -0.295. The van der Waals surface area contributed by atoms with Crippen molar-refractivity contribution in [3.8, 4) is 28.1 Å². The maximum absolute atomic E-state index is 14.8. The maximum atomic E-state index is 14.8. The molecule has 1 aromatic heterocycles. The molecule has 0 unspecified atom stereocenters. The number of alkyl halides is 5. The molecule has 182 valence electrons. The molecule has 0 saturated heterocycles. The summed E-state index contributed by atoms with van der Waals surface area (Å²) in [5.41, 5.74) is -2.31. The van der Waals surface area contributed by atoms with Crippen LogP contribution in [0.1, 0.15) is 5.69 Å². The van der Waals surface area contributed by atoms with E-state index in [1.807, 2.05) is 0 Å². The molecule has 1 heterocycles. The van der Waals surface area contributed by atoms with E-state index < -0.39 is 39.2 Å². The minimum atomic E-state index is -5.98. The van der Waals surface area contributed by atoms with E-state index in [0.29, 0.717) is 0 Å². The van der Waals surface area contributed by atoms with Gasteiger partial charge in [-0.2, -0.15) is 27.1 Å². The third-order valence-electron chi connectivity index (χ3n) is 5.13. The molecule has 0 atom stereocenters. The number of nitrogens with zero attached hydrogens (tertiary/aromatic N) is 2. The Morgan fingerprint density at radius 2 is 1.31 bits per heavy atom. The van der Waals surface area contributed by atoms with E-state index in [4.69, 9.17) is 5.14 Å². The summed E-state index contributed by atoms with van der Waals surface area (Å²) < 4.78 is 108. The average molecular weight is 511 g/mol. The lowest BCUT2D eigenvalue weighted by Crippen LogP contribution is -2.34. The Balaban J connectivity index is 2.12. The molecule has 0 saturated carbocycles. The van der Waals surface area contributed by atoms with Crippen molar-refractivity contribution in [1.82, 2.24) is 9.78 Å². The van der Waals surface area contributed by atoms with E-state index >= 15 is 0 Å². The fraction of sp³-hybridized carbons (Fsp3) is 0.0870. The molecule has 0 aliphatic rings. The minimum absolute atomic E-state index is 0.0669. The second-order valence-electron chi connectivity index (χ2n) is 7.47. The number of sulfonamides is 1. The van der Waals surface area contributed by atoms with Crippen LogP contribution in [0.4, 0.5) is 26.3 Å². The monoisotopic (exact) mass is 511 g/mol. The summed E-state index contributed by atoms with van der Waals surface area (Å²) in [6.07, 6.45) is -5.98. The van der Waals surface area contributed by atoms with Gasteiger partial charge in [-0.3, -0.25) is 0 Å². The molecule has 0 aliphatic heterocycles. The van der Waals surface area contributed by atoms with Crippen LogP contribution in [0.15, 0.2) is 83.8 Å². The lowest BCUT2D eigenvalue weighted by molar-refractivity contribution is -0.290. The summed E-state index contributed by atoms with van der Waals surface area (Å²) in [6.45, 7) is 0. The normalized spacial score (nSPS) is 12.7. The molecule has 0 spiro atoms. The number of halogens is 6. The second kappa shape index (κ2) is 8.54. The number of hydrogen-bond donors (Lipinski definition) is 1. The predicted molar refractivity (Wildman–Crippen MR) is 116 cm³/mol. The zero-order valence-electron chi connectivity index (χ0n) is 17.5.